The monoisotopic (exact) mass is 386 g/mol. The lowest BCUT2D eigenvalue weighted by Crippen LogP contribution is -2.18. The minimum atomic E-state index is -4.40. The van der Waals surface area contributed by atoms with Gasteiger partial charge in [-0.2, -0.15) is 13.2 Å². The third-order valence-electron chi connectivity index (χ3n) is 4.81. The maximum absolute atomic E-state index is 12.6. The maximum atomic E-state index is 12.6. The number of halogens is 3. The summed E-state index contributed by atoms with van der Waals surface area (Å²) in [5, 5.41) is 0. The van der Waals surface area contributed by atoms with Crippen LogP contribution < -0.4 is 0 Å². The van der Waals surface area contributed by atoms with Gasteiger partial charge in [0.15, 0.2) is 0 Å². The van der Waals surface area contributed by atoms with E-state index < -0.39 is 17.7 Å². The summed E-state index contributed by atoms with van der Waals surface area (Å²) < 4.78 is 43.2. The van der Waals surface area contributed by atoms with E-state index in [9.17, 15) is 18.0 Å². The summed E-state index contributed by atoms with van der Waals surface area (Å²) in [7, 11) is 0. The molecule has 0 aliphatic heterocycles. The number of alkyl halides is 3. The molecule has 0 amide bonds. The Morgan fingerprint density at radius 3 is 1.89 bits per heavy atom. The lowest BCUT2D eigenvalue weighted by atomic mass is 10.0. The van der Waals surface area contributed by atoms with E-state index in [1.165, 1.54) is 57.1 Å². The molecule has 0 radical (unpaired) electrons. The van der Waals surface area contributed by atoms with Crippen LogP contribution in [0.15, 0.2) is 24.3 Å². The van der Waals surface area contributed by atoms with E-state index in [0.29, 0.717) is 6.42 Å². The standard InChI is InChI=1S/C22H33F3O2/c1-3-5-6-7-8-9-10-11-12-13-20(4-2)27-21(26)18-14-16-19(17-15-18)22(23,24)25/h14-17,20H,3-13H2,1-2H3. The SMILES string of the molecule is CCCCCCCCCCCC(CC)OC(=O)c1ccc(C(F)(F)F)cc1. The second-order valence-electron chi connectivity index (χ2n) is 7.13. The minimum Gasteiger partial charge on any atom is -0.459 e. The highest BCUT2D eigenvalue weighted by molar-refractivity contribution is 5.89. The number of carbonyl (C=O) groups excluding carboxylic acids is 1. The Labute approximate surface area is 161 Å². The van der Waals surface area contributed by atoms with Gasteiger partial charge in [-0.05, 0) is 43.5 Å². The summed E-state index contributed by atoms with van der Waals surface area (Å²) in [5.74, 6) is -0.550. The number of hydrogen-bond donors (Lipinski definition) is 0. The van der Waals surface area contributed by atoms with Gasteiger partial charge < -0.3 is 4.74 Å². The summed E-state index contributed by atoms with van der Waals surface area (Å²) in [6, 6.07) is 4.18. The molecule has 0 aliphatic carbocycles. The van der Waals surface area contributed by atoms with Crippen molar-refractivity contribution in [2.75, 3.05) is 0 Å². The van der Waals surface area contributed by atoms with Crippen LogP contribution in [0.25, 0.3) is 0 Å². The lowest BCUT2D eigenvalue weighted by Gasteiger charge is -2.16. The number of carbonyl (C=O) groups is 1. The fourth-order valence-corrected chi connectivity index (χ4v) is 3.04. The Balaban J connectivity index is 2.27. The number of unbranched alkanes of at least 4 members (excludes halogenated alkanes) is 8. The van der Waals surface area contributed by atoms with Crippen LogP contribution >= 0.6 is 0 Å². The molecule has 1 rings (SSSR count). The van der Waals surface area contributed by atoms with Crippen LogP contribution in [0.2, 0.25) is 0 Å². The molecule has 1 aromatic rings. The fraction of sp³-hybridized carbons (Fsp3) is 0.682. The van der Waals surface area contributed by atoms with Crippen molar-refractivity contribution >= 4 is 5.97 Å². The average Bonchev–Trinajstić information content (AvgIpc) is 2.65. The minimum absolute atomic E-state index is 0.161. The molecule has 0 spiro atoms. The largest absolute Gasteiger partial charge is 0.459 e. The third-order valence-corrected chi connectivity index (χ3v) is 4.81. The smallest absolute Gasteiger partial charge is 0.416 e. The van der Waals surface area contributed by atoms with Crippen molar-refractivity contribution in [3.63, 3.8) is 0 Å². The topological polar surface area (TPSA) is 26.3 Å². The second-order valence-corrected chi connectivity index (χ2v) is 7.13. The van der Waals surface area contributed by atoms with E-state index in [1.54, 1.807) is 0 Å². The van der Waals surface area contributed by atoms with Gasteiger partial charge >= 0.3 is 12.1 Å². The molecule has 0 fully saturated rings. The molecule has 0 N–H and O–H groups in total. The van der Waals surface area contributed by atoms with Crippen molar-refractivity contribution in [1.29, 1.82) is 0 Å². The fourth-order valence-electron chi connectivity index (χ4n) is 3.04. The number of hydrogen-bond acceptors (Lipinski definition) is 2. The van der Waals surface area contributed by atoms with Crippen molar-refractivity contribution in [1.82, 2.24) is 0 Å². The van der Waals surface area contributed by atoms with Crippen LogP contribution in [0.4, 0.5) is 13.2 Å². The van der Waals surface area contributed by atoms with Crippen LogP contribution in [0, 0.1) is 0 Å². The van der Waals surface area contributed by atoms with Gasteiger partial charge in [0.1, 0.15) is 6.10 Å². The Bertz CT molecular complexity index is 523. The van der Waals surface area contributed by atoms with Gasteiger partial charge in [0, 0.05) is 0 Å². The van der Waals surface area contributed by atoms with Crippen molar-refractivity contribution in [2.24, 2.45) is 0 Å². The first-order valence-corrected chi connectivity index (χ1v) is 10.3. The number of esters is 1. The summed E-state index contributed by atoms with van der Waals surface area (Å²) in [4.78, 5) is 12.1. The van der Waals surface area contributed by atoms with E-state index in [4.69, 9.17) is 4.74 Å². The molecule has 0 saturated carbocycles. The highest BCUT2D eigenvalue weighted by Crippen LogP contribution is 2.29. The molecular formula is C22H33F3O2. The number of ether oxygens (including phenoxy) is 1. The second kappa shape index (κ2) is 12.8. The Morgan fingerprint density at radius 2 is 1.41 bits per heavy atom. The number of benzene rings is 1. The van der Waals surface area contributed by atoms with Crippen molar-refractivity contribution in [3.05, 3.63) is 35.4 Å². The zero-order valence-corrected chi connectivity index (χ0v) is 16.6. The first kappa shape index (κ1) is 23.5. The molecule has 1 aromatic carbocycles. The van der Waals surface area contributed by atoms with Crippen molar-refractivity contribution < 1.29 is 22.7 Å². The van der Waals surface area contributed by atoms with E-state index in [-0.39, 0.29) is 11.7 Å². The van der Waals surface area contributed by atoms with Crippen molar-refractivity contribution in [2.45, 2.75) is 96.8 Å². The molecule has 1 unspecified atom stereocenters. The van der Waals surface area contributed by atoms with E-state index in [0.717, 1.165) is 31.4 Å². The van der Waals surface area contributed by atoms with Gasteiger partial charge in [-0.25, -0.2) is 4.79 Å². The quantitative estimate of drug-likeness (QED) is 0.258. The Hall–Kier alpha value is -1.52. The predicted molar refractivity (Wildman–Crippen MR) is 103 cm³/mol. The summed E-state index contributed by atoms with van der Waals surface area (Å²) in [6.07, 6.45) is 8.06. The highest BCUT2D eigenvalue weighted by atomic mass is 19.4. The third kappa shape index (κ3) is 9.83. The average molecular weight is 386 g/mol. The number of rotatable bonds is 13. The highest BCUT2D eigenvalue weighted by Gasteiger charge is 2.30. The van der Waals surface area contributed by atoms with Gasteiger partial charge in [-0.15, -0.1) is 0 Å². The first-order valence-electron chi connectivity index (χ1n) is 10.3. The first-order chi connectivity index (χ1) is 12.9. The molecule has 2 nitrogen and oxygen atoms in total. The van der Waals surface area contributed by atoms with Crippen LogP contribution in [0.5, 0.6) is 0 Å². The molecule has 27 heavy (non-hydrogen) atoms. The summed E-state index contributed by atoms with van der Waals surface area (Å²) in [6.45, 7) is 4.17. The molecule has 0 aromatic heterocycles. The molecule has 154 valence electrons. The summed E-state index contributed by atoms with van der Waals surface area (Å²) in [5.41, 5.74) is -0.602. The molecule has 1 atom stereocenters. The van der Waals surface area contributed by atoms with Gasteiger partial charge in [0.2, 0.25) is 0 Å². The maximum Gasteiger partial charge on any atom is 0.416 e. The zero-order chi connectivity index (χ0) is 20.1. The molecule has 0 heterocycles. The van der Waals surface area contributed by atoms with Crippen LogP contribution in [-0.2, 0) is 10.9 Å². The van der Waals surface area contributed by atoms with Crippen LogP contribution in [0.1, 0.15) is 100 Å². The Kier molecular flexibility index (Phi) is 11.1. The normalized spacial score (nSPS) is 12.8. The molecule has 0 aliphatic rings. The van der Waals surface area contributed by atoms with Crippen LogP contribution in [0.3, 0.4) is 0 Å². The van der Waals surface area contributed by atoms with Gasteiger partial charge in [-0.3, -0.25) is 0 Å². The lowest BCUT2D eigenvalue weighted by molar-refractivity contribution is -0.137. The van der Waals surface area contributed by atoms with E-state index >= 15 is 0 Å². The van der Waals surface area contributed by atoms with Gasteiger partial charge in [0.05, 0.1) is 11.1 Å². The van der Waals surface area contributed by atoms with Crippen molar-refractivity contribution in [3.8, 4) is 0 Å². The van der Waals surface area contributed by atoms with E-state index in [1.807, 2.05) is 6.92 Å². The molecule has 5 heteroatoms. The predicted octanol–water partition coefficient (Wildman–Crippen LogP) is 7.56. The zero-order valence-electron chi connectivity index (χ0n) is 16.6. The molecule has 0 saturated heterocycles. The van der Waals surface area contributed by atoms with Gasteiger partial charge in [-0.1, -0.05) is 65.2 Å². The summed E-state index contributed by atoms with van der Waals surface area (Å²) >= 11 is 0. The van der Waals surface area contributed by atoms with E-state index in [2.05, 4.69) is 6.92 Å². The Morgan fingerprint density at radius 1 is 0.889 bits per heavy atom. The molecular weight excluding hydrogens is 353 g/mol. The van der Waals surface area contributed by atoms with Gasteiger partial charge in [0.25, 0.3) is 0 Å². The molecule has 0 bridgehead atoms. The van der Waals surface area contributed by atoms with Crippen LogP contribution in [-0.4, -0.2) is 12.1 Å².